The first kappa shape index (κ1) is 13.2. The van der Waals surface area contributed by atoms with Gasteiger partial charge in [0.1, 0.15) is 6.54 Å². The first-order chi connectivity index (χ1) is 9.61. The Balaban J connectivity index is 1.62. The van der Waals surface area contributed by atoms with Gasteiger partial charge in [0.05, 0.1) is 0 Å². The van der Waals surface area contributed by atoms with Gasteiger partial charge in [0.2, 0.25) is 5.91 Å². The minimum absolute atomic E-state index is 0.0348. The number of anilines is 1. The fourth-order valence-electron chi connectivity index (χ4n) is 3.21. The van der Waals surface area contributed by atoms with E-state index in [0.29, 0.717) is 11.6 Å². The largest absolute Gasteiger partial charge is 0.398 e. The van der Waals surface area contributed by atoms with Gasteiger partial charge in [0, 0.05) is 30.5 Å². The summed E-state index contributed by atoms with van der Waals surface area (Å²) in [5, 5.41) is 3.06. The Labute approximate surface area is 117 Å². The van der Waals surface area contributed by atoms with E-state index in [1.54, 1.807) is 6.07 Å². The highest BCUT2D eigenvalue weighted by atomic mass is 16.2. The number of amides is 1. The van der Waals surface area contributed by atoms with Crippen LogP contribution in [-0.2, 0) is 11.3 Å². The highest BCUT2D eigenvalue weighted by molar-refractivity contribution is 5.76. The molecular formula is C14H20N4O2. The van der Waals surface area contributed by atoms with Crippen LogP contribution in [0.3, 0.4) is 0 Å². The standard InChI is InChI=1S/C14H20N4O2/c15-11-1-2-14(20)18(7-11)9-13(19)16-12-8-17-5-3-10(12)4-6-17/h1-2,7,10,12H,3-6,8-9,15H2,(H,16,19). The maximum Gasteiger partial charge on any atom is 0.251 e. The summed E-state index contributed by atoms with van der Waals surface area (Å²) in [5.41, 5.74) is 5.92. The Morgan fingerprint density at radius 3 is 2.75 bits per heavy atom. The van der Waals surface area contributed by atoms with Crippen molar-refractivity contribution < 1.29 is 4.79 Å². The Bertz CT molecular complexity index is 561. The van der Waals surface area contributed by atoms with Crippen molar-refractivity contribution in [3.8, 4) is 0 Å². The quantitative estimate of drug-likeness (QED) is 0.790. The Morgan fingerprint density at radius 2 is 2.10 bits per heavy atom. The number of hydrogen-bond acceptors (Lipinski definition) is 4. The maximum absolute atomic E-state index is 12.1. The van der Waals surface area contributed by atoms with Crippen LogP contribution in [-0.4, -0.2) is 41.1 Å². The summed E-state index contributed by atoms with van der Waals surface area (Å²) in [7, 11) is 0. The number of carbonyl (C=O) groups is 1. The minimum atomic E-state index is -0.205. The zero-order valence-corrected chi connectivity index (χ0v) is 11.4. The van der Waals surface area contributed by atoms with Gasteiger partial charge in [-0.2, -0.15) is 0 Å². The van der Waals surface area contributed by atoms with Crippen LogP contribution in [0.1, 0.15) is 12.8 Å². The molecule has 3 saturated heterocycles. The summed E-state index contributed by atoms with van der Waals surface area (Å²) in [6.45, 7) is 3.26. The van der Waals surface area contributed by atoms with Crippen molar-refractivity contribution in [1.29, 1.82) is 0 Å². The Kier molecular flexibility index (Phi) is 3.48. The number of nitrogens with two attached hydrogens (primary N) is 1. The molecule has 3 aliphatic heterocycles. The first-order valence-corrected chi connectivity index (χ1v) is 7.09. The molecule has 108 valence electrons. The molecule has 1 unspecified atom stereocenters. The summed E-state index contributed by atoms with van der Waals surface area (Å²) < 4.78 is 1.35. The van der Waals surface area contributed by atoms with Crippen molar-refractivity contribution >= 4 is 11.6 Å². The van der Waals surface area contributed by atoms with Crippen LogP contribution in [0.25, 0.3) is 0 Å². The van der Waals surface area contributed by atoms with Gasteiger partial charge >= 0.3 is 0 Å². The molecule has 6 nitrogen and oxygen atoms in total. The molecule has 3 fully saturated rings. The van der Waals surface area contributed by atoms with E-state index >= 15 is 0 Å². The zero-order chi connectivity index (χ0) is 14.1. The zero-order valence-electron chi connectivity index (χ0n) is 11.4. The van der Waals surface area contributed by atoms with E-state index < -0.39 is 0 Å². The van der Waals surface area contributed by atoms with Crippen molar-refractivity contribution in [1.82, 2.24) is 14.8 Å². The molecule has 1 aromatic rings. The number of aromatic nitrogens is 1. The predicted octanol–water partition coefficient (Wildman–Crippen LogP) is -0.359. The lowest BCUT2D eigenvalue weighted by atomic mass is 9.84. The molecule has 6 heteroatoms. The summed E-state index contributed by atoms with van der Waals surface area (Å²) >= 11 is 0. The lowest BCUT2D eigenvalue weighted by molar-refractivity contribution is -0.123. The Morgan fingerprint density at radius 1 is 1.35 bits per heavy atom. The van der Waals surface area contributed by atoms with Crippen molar-refractivity contribution in [2.24, 2.45) is 5.92 Å². The van der Waals surface area contributed by atoms with Gasteiger partial charge in [-0.25, -0.2) is 0 Å². The monoisotopic (exact) mass is 276 g/mol. The van der Waals surface area contributed by atoms with E-state index in [4.69, 9.17) is 5.73 Å². The number of pyridine rings is 1. The number of rotatable bonds is 3. The molecule has 0 saturated carbocycles. The lowest BCUT2D eigenvalue weighted by Gasteiger charge is -2.44. The van der Waals surface area contributed by atoms with Gasteiger partial charge in [0.15, 0.2) is 0 Å². The molecule has 0 aliphatic carbocycles. The van der Waals surface area contributed by atoms with Crippen LogP contribution < -0.4 is 16.6 Å². The molecule has 20 heavy (non-hydrogen) atoms. The van der Waals surface area contributed by atoms with Crippen LogP contribution in [0.5, 0.6) is 0 Å². The molecule has 4 heterocycles. The topological polar surface area (TPSA) is 80.4 Å². The van der Waals surface area contributed by atoms with Crippen molar-refractivity contribution in [3.63, 3.8) is 0 Å². The maximum atomic E-state index is 12.1. The van der Waals surface area contributed by atoms with E-state index in [1.165, 1.54) is 16.8 Å². The van der Waals surface area contributed by atoms with E-state index in [0.717, 1.165) is 32.5 Å². The summed E-state index contributed by atoms with van der Waals surface area (Å²) in [5.74, 6) is 0.470. The molecule has 1 aromatic heterocycles. The average molecular weight is 276 g/mol. The molecule has 4 rings (SSSR count). The molecule has 0 radical (unpaired) electrons. The molecule has 2 bridgehead atoms. The third-order valence-electron chi connectivity index (χ3n) is 4.32. The van der Waals surface area contributed by atoms with E-state index in [1.807, 2.05) is 0 Å². The van der Waals surface area contributed by atoms with Crippen molar-refractivity contribution in [2.45, 2.75) is 25.4 Å². The third kappa shape index (κ3) is 2.70. The van der Waals surface area contributed by atoms with E-state index in [-0.39, 0.29) is 24.1 Å². The van der Waals surface area contributed by atoms with E-state index in [9.17, 15) is 9.59 Å². The van der Waals surface area contributed by atoms with Crippen LogP contribution in [0.2, 0.25) is 0 Å². The number of nitrogen functional groups attached to an aromatic ring is 1. The first-order valence-electron chi connectivity index (χ1n) is 7.09. The molecule has 0 spiro atoms. The predicted molar refractivity (Wildman–Crippen MR) is 76.2 cm³/mol. The van der Waals surface area contributed by atoms with Crippen molar-refractivity contribution in [3.05, 3.63) is 28.7 Å². The molecule has 3 aliphatic rings. The van der Waals surface area contributed by atoms with Gasteiger partial charge in [-0.05, 0) is 37.9 Å². The van der Waals surface area contributed by atoms with Gasteiger partial charge in [0.25, 0.3) is 5.56 Å². The fraction of sp³-hybridized carbons (Fsp3) is 0.571. The van der Waals surface area contributed by atoms with E-state index in [2.05, 4.69) is 10.2 Å². The smallest absolute Gasteiger partial charge is 0.251 e. The molecule has 0 aromatic carbocycles. The van der Waals surface area contributed by atoms with Gasteiger partial charge < -0.3 is 20.5 Å². The fourth-order valence-corrected chi connectivity index (χ4v) is 3.21. The number of fused-ring (bicyclic) bond motifs is 3. The molecule has 1 atom stereocenters. The van der Waals surface area contributed by atoms with Crippen molar-refractivity contribution in [2.75, 3.05) is 25.4 Å². The number of hydrogen-bond donors (Lipinski definition) is 2. The molecule has 3 N–H and O–H groups in total. The second-order valence-electron chi connectivity index (χ2n) is 5.74. The van der Waals surface area contributed by atoms with Crippen LogP contribution in [0.15, 0.2) is 23.1 Å². The molecule has 1 amide bonds. The Hall–Kier alpha value is -1.82. The van der Waals surface area contributed by atoms with Crippen LogP contribution in [0, 0.1) is 5.92 Å². The average Bonchev–Trinajstić information content (AvgIpc) is 2.44. The molecular weight excluding hydrogens is 256 g/mol. The number of nitrogens with zero attached hydrogens (tertiary/aromatic N) is 2. The van der Waals surface area contributed by atoms with Crippen LogP contribution >= 0.6 is 0 Å². The lowest BCUT2D eigenvalue weighted by Crippen LogP contribution is -2.57. The minimum Gasteiger partial charge on any atom is -0.398 e. The number of piperidine rings is 3. The van der Waals surface area contributed by atoms with Gasteiger partial charge in [-0.3, -0.25) is 9.59 Å². The number of carbonyl (C=O) groups excluding carboxylic acids is 1. The highest BCUT2D eigenvalue weighted by Crippen LogP contribution is 2.27. The summed E-state index contributed by atoms with van der Waals surface area (Å²) in [4.78, 5) is 26.1. The normalized spacial score (nSPS) is 28.3. The number of nitrogens with one attached hydrogen (secondary N) is 1. The second-order valence-corrected chi connectivity index (χ2v) is 5.74. The van der Waals surface area contributed by atoms with Crippen LogP contribution in [0.4, 0.5) is 5.69 Å². The highest BCUT2D eigenvalue weighted by Gasteiger charge is 2.34. The SMILES string of the molecule is Nc1ccc(=O)n(CC(=O)NC2CN3CCC2CC3)c1. The summed E-state index contributed by atoms with van der Waals surface area (Å²) in [6, 6.07) is 3.16. The van der Waals surface area contributed by atoms with Gasteiger partial charge in [-0.1, -0.05) is 0 Å². The summed E-state index contributed by atoms with van der Waals surface area (Å²) in [6.07, 6.45) is 3.82. The van der Waals surface area contributed by atoms with Gasteiger partial charge in [-0.15, -0.1) is 0 Å². The third-order valence-corrected chi connectivity index (χ3v) is 4.32. The second kappa shape index (κ2) is 5.28.